The lowest BCUT2D eigenvalue weighted by molar-refractivity contribution is 0.0994. The maximum absolute atomic E-state index is 12.7. The molecule has 6 heteroatoms. The van der Waals surface area contributed by atoms with E-state index in [1.807, 2.05) is 67.1 Å². The zero-order valence-electron chi connectivity index (χ0n) is 16.0. The monoisotopic (exact) mass is 381 g/mol. The van der Waals surface area contributed by atoms with Crippen molar-refractivity contribution in [2.24, 2.45) is 7.05 Å². The summed E-state index contributed by atoms with van der Waals surface area (Å²) in [5.74, 6) is 1.65. The molecule has 0 aliphatic rings. The minimum atomic E-state index is -0.246. The van der Waals surface area contributed by atoms with Gasteiger partial charge in [-0.05, 0) is 43.2 Å². The number of thioether (sulfide) groups is 1. The molecule has 1 unspecified atom stereocenters. The van der Waals surface area contributed by atoms with Crippen molar-refractivity contribution in [2.45, 2.75) is 30.7 Å². The average molecular weight is 382 g/mol. The number of rotatable bonds is 7. The summed E-state index contributed by atoms with van der Waals surface area (Å²) in [6, 6.07) is 15.5. The average Bonchev–Trinajstić information content (AvgIpc) is 3.07. The van der Waals surface area contributed by atoms with Crippen LogP contribution in [0, 0.1) is 0 Å². The summed E-state index contributed by atoms with van der Waals surface area (Å²) in [6.45, 7) is 4.01. The minimum Gasteiger partial charge on any atom is -0.497 e. The van der Waals surface area contributed by atoms with Crippen molar-refractivity contribution in [1.82, 2.24) is 14.8 Å². The number of aryl methyl sites for hydroxylation is 1. The van der Waals surface area contributed by atoms with Gasteiger partial charge in [-0.1, -0.05) is 43.0 Å². The zero-order chi connectivity index (χ0) is 19.4. The molecule has 1 heterocycles. The first-order valence-corrected chi connectivity index (χ1v) is 9.75. The Balaban J connectivity index is 1.74. The first-order chi connectivity index (χ1) is 13.0. The molecule has 0 amide bonds. The summed E-state index contributed by atoms with van der Waals surface area (Å²) in [5.41, 5.74) is 2.90. The van der Waals surface area contributed by atoms with Gasteiger partial charge in [0.25, 0.3) is 0 Å². The van der Waals surface area contributed by atoms with E-state index in [9.17, 15) is 4.79 Å². The van der Waals surface area contributed by atoms with E-state index in [2.05, 4.69) is 17.1 Å². The maximum Gasteiger partial charge on any atom is 0.191 e. The number of aromatic nitrogens is 3. The number of ether oxygens (including phenoxy) is 1. The molecule has 27 heavy (non-hydrogen) atoms. The highest BCUT2D eigenvalue weighted by Gasteiger charge is 2.20. The van der Waals surface area contributed by atoms with Gasteiger partial charge in [-0.3, -0.25) is 4.79 Å². The van der Waals surface area contributed by atoms with Crippen molar-refractivity contribution in [3.63, 3.8) is 0 Å². The number of hydrogen-bond acceptors (Lipinski definition) is 5. The molecule has 3 rings (SSSR count). The predicted molar refractivity (Wildman–Crippen MR) is 108 cm³/mol. The molecule has 0 N–H and O–H groups in total. The van der Waals surface area contributed by atoms with Gasteiger partial charge in [0.15, 0.2) is 16.8 Å². The Morgan fingerprint density at radius 3 is 2.37 bits per heavy atom. The van der Waals surface area contributed by atoms with Crippen LogP contribution in [0.1, 0.15) is 29.8 Å². The highest BCUT2D eigenvalue weighted by Crippen LogP contribution is 2.28. The maximum atomic E-state index is 12.7. The first kappa shape index (κ1) is 19.2. The van der Waals surface area contributed by atoms with Gasteiger partial charge in [0.1, 0.15) is 5.75 Å². The fraction of sp³-hybridized carbons (Fsp3) is 0.286. The second kappa shape index (κ2) is 8.39. The largest absolute Gasteiger partial charge is 0.497 e. The highest BCUT2D eigenvalue weighted by atomic mass is 32.2. The summed E-state index contributed by atoms with van der Waals surface area (Å²) in [5, 5.41) is 9.03. The minimum absolute atomic E-state index is 0.0941. The Labute approximate surface area is 163 Å². The molecular weight excluding hydrogens is 358 g/mol. The van der Waals surface area contributed by atoms with Crippen molar-refractivity contribution in [3.8, 4) is 17.1 Å². The van der Waals surface area contributed by atoms with Crippen LogP contribution in [0.5, 0.6) is 5.75 Å². The van der Waals surface area contributed by atoms with Gasteiger partial charge >= 0.3 is 0 Å². The fourth-order valence-corrected chi connectivity index (χ4v) is 3.65. The predicted octanol–water partition coefficient (Wildman–Crippen LogP) is 4.42. The molecule has 0 bridgehead atoms. The fourth-order valence-electron chi connectivity index (χ4n) is 2.76. The van der Waals surface area contributed by atoms with Gasteiger partial charge in [-0.2, -0.15) is 0 Å². The van der Waals surface area contributed by atoms with Gasteiger partial charge in [0, 0.05) is 18.2 Å². The van der Waals surface area contributed by atoms with E-state index in [1.165, 1.54) is 17.3 Å². The number of nitrogens with zero attached hydrogens (tertiary/aromatic N) is 3. The van der Waals surface area contributed by atoms with Gasteiger partial charge in [0.2, 0.25) is 0 Å². The lowest BCUT2D eigenvalue weighted by Crippen LogP contribution is -2.14. The van der Waals surface area contributed by atoms with Crippen LogP contribution in [-0.4, -0.2) is 32.9 Å². The quantitative estimate of drug-likeness (QED) is 0.448. The molecule has 0 saturated heterocycles. The summed E-state index contributed by atoms with van der Waals surface area (Å²) in [4.78, 5) is 12.7. The van der Waals surface area contributed by atoms with Crippen molar-refractivity contribution in [3.05, 3.63) is 59.7 Å². The van der Waals surface area contributed by atoms with Crippen LogP contribution in [0.25, 0.3) is 11.4 Å². The standard InChI is InChI=1S/C21H23N3O2S/c1-5-15-6-8-16(9-7-15)19(25)14(2)27-21-23-22-20(24(21)3)17-10-12-18(26-4)13-11-17/h6-14H,5H2,1-4H3. The number of carbonyl (C=O) groups is 1. The summed E-state index contributed by atoms with van der Waals surface area (Å²) in [7, 11) is 3.55. The third-order valence-electron chi connectivity index (χ3n) is 4.48. The molecule has 1 aromatic heterocycles. The molecule has 3 aromatic rings. The number of benzene rings is 2. The summed E-state index contributed by atoms with van der Waals surface area (Å²) in [6.07, 6.45) is 0.964. The molecule has 0 aliphatic heterocycles. The molecule has 0 fully saturated rings. The number of ketones is 1. The highest BCUT2D eigenvalue weighted by molar-refractivity contribution is 8.00. The number of hydrogen-bond donors (Lipinski definition) is 0. The van der Waals surface area contributed by atoms with Crippen molar-refractivity contribution in [2.75, 3.05) is 7.11 Å². The molecule has 2 aromatic carbocycles. The van der Waals surface area contributed by atoms with E-state index < -0.39 is 0 Å². The molecule has 1 atom stereocenters. The topological polar surface area (TPSA) is 57.0 Å². The molecular formula is C21H23N3O2S. The van der Waals surface area contributed by atoms with Gasteiger partial charge < -0.3 is 9.30 Å². The van der Waals surface area contributed by atoms with Crippen LogP contribution in [0.15, 0.2) is 53.7 Å². The van der Waals surface area contributed by atoms with Crippen molar-refractivity contribution in [1.29, 1.82) is 0 Å². The first-order valence-electron chi connectivity index (χ1n) is 8.87. The SMILES string of the molecule is CCc1ccc(C(=O)C(C)Sc2nnc(-c3ccc(OC)cc3)n2C)cc1. The van der Waals surface area contributed by atoms with E-state index in [-0.39, 0.29) is 11.0 Å². The van der Waals surface area contributed by atoms with E-state index in [0.29, 0.717) is 5.16 Å². The lowest BCUT2D eigenvalue weighted by Gasteiger charge is -2.10. The van der Waals surface area contributed by atoms with E-state index >= 15 is 0 Å². The summed E-state index contributed by atoms with van der Waals surface area (Å²) < 4.78 is 7.10. The van der Waals surface area contributed by atoms with E-state index in [1.54, 1.807) is 7.11 Å². The molecule has 0 saturated carbocycles. The van der Waals surface area contributed by atoms with Crippen LogP contribution in [-0.2, 0) is 13.5 Å². The lowest BCUT2D eigenvalue weighted by atomic mass is 10.1. The Morgan fingerprint density at radius 1 is 1.11 bits per heavy atom. The Kier molecular flexibility index (Phi) is 5.96. The Hall–Kier alpha value is -2.60. The van der Waals surface area contributed by atoms with Gasteiger partial charge in [-0.25, -0.2) is 0 Å². The van der Waals surface area contributed by atoms with E-state index in [4.69, 9.17) is 4.74 Å². The summed E-state index contributed by atoms with van der Waals surface area (Å²) >= 11 is 1.42. The van der Waals surface area contributed by atoms with Gasteiger partial charge in [-0.15, -0.1) is 10.2 Å². The van der Waals surface area contributed by atoms with E-state index in [0.717, 1.165) is 29.1 Å². The number of Topliss-reactive ketones (excluding diaryl/α,β-unsaturated/α-hetero) is 1. The zero-order valence-corrected chi connectivity index (χ0v) is 16.8. The van der Waals surface area contributed by atoms with Gasteiger partial charge in [0.05, 0.1) is 12.4 Å². The van der Waals surface area contributed by atoms with Crippen LogP contribution < -0.4 is 4.74 Å². The van der Waals surface area contributed by atoms with Crippen molar-refractivity contribution < 1.29 is 9.53 Å². The van der Waals surface area contributed by atoms with Crippen LogP contribution in [0.4, 0.5) is 0 Å². The molecule has 140 valence electrons. The second-order valence-electron chi connectivity index (χ2n) is 6.27. The van der Waals surface area contributed by atoms with Crippen LogP contribution in [0.3, 0.4) is 0 Å². The molecule has 0 aliphatic carbocycles. The normalized spacial score (nSPS) is 12.0. The molecule has 0 spiro atoms. The third kappa shape index (κ3) is 4.22. The Morgan fingerprint density at radius 2 is 1.78 bits per heavy atom. The molecule has 0 radical (unpaired) electrons. The van der Waals surface area contributed by atoms with Crippen molar-refractivity contribution >= 4 is 17.5 Å². The van der Waals surface area contributed by atoms with Crippen LogP contribution >= 0.6 is 11.8 Å². The molecule has 5 nitrogen and oxygen atoms in total. The Bertz CT molecular complexity index is 918. The van der Waals surface area contributed by atoms with Crippen LogP contribution in [0.2, 0.25) is 0 Å². The third-order valence-corrected chi connectivity index (χ3v) is 5.62. The number of methoxy groups -OCH3 is 1. The second-order valence-corrected chi connectivity index (χ2v) is 7.58. The smallest absolute Gasteiger partial charge is 0.191 e. The number of carbonyl (C=O) groups excluding carboxylic acids is 1.